The van der Waals surface area contributed by atoms with E-state index in [0.29, 0.717) is 28.9 Å². The van der Waals surface area contributed by atoms with Crippen molar-refractivity contribution in [2.24, 2.45) is 14.1 Å². The van der Waals surface area contributed by atoms with Crippen LogP contribution in [0.4, 0.5) is 32.3 Å². The smallest absolute Gasteiger partial charge is 0.329 e. The molecular weight excluding hydrogens is 466 g/mol. The number of halogens is 6. The predicted molar refractivity (Wildman–Crippen MR) is 108 cm³/mol. The van der Waals surface area contributed by atoms with Crippen molar-refractivity contribution in [1.29, 1.82) is 0 Å². The van der Waals surface area contributed by atoms with E-state index in [1.807, 2.05) is 6.92 Å². The van der Waals surface area contributed by atoms with Gasteiger partial charge in [-0.3, -0.25) is 0 Å². The van der Waals surface area contributed by atoms with E-state index >= 15 is 0 Å². The number of nitrogens with zero attached hydrogens (tertiary/aromatic N) is 8. The number of alkyl halides is 6. The number of rotatable bonds is 5. The van der Waals surface area contributed by atoms with Crippen molar-refractivity contribution in [3.8, 4) is 0 Å². The molecule has 34 heavy (non-hydrogen) atoms. The quantitative estimate of drug-likeness (QED) is 0.398. The summed E-state index contributed by atoms with van der Waals surface area (Å²) >= 11 is 0. The Balaban J connectivity index is 1.73. The van der Waals surface area contributed by atoms with E-state index in [1.165, 1.54) is 11.9 Å². The first-order chi connectivity index (χ1) is 15.8. The summed E-state index contributed by atoms with van der Waals surface area (Å²) in [5.74, 6) is 0.765. The van der Waals surface area contributed by atoms with Gasteiger partial charge in [0.1, 0.15) is 11.3 Å². The van der Waals surface area contributed by atoms with Gasteiger partial charge in [0.25, 0.3) is 5.95 Å². The van der Waals surface area contributed by atoms with E-state index in [1.54, 1.807) is 23.9 Å². The van der Waals surface area contributed by atoms with Crippen LogP contribution in [0.5, 0.6) is 0 Å². The zero-order chi connectivity index (χ0) is 24.8. The van der Waals surface area contributed by atoms with E-state index in [4.69, 9.17) is 0 Å². The van der Waals surface area contributed by atoms with Crippen molar-refractivity contribution in [3.05, 3.63) is 58.5 Å². The Hall–Kier alpha value is -3.71. The average Bonchev–Trinajstić information content (AvgIpc) is 3.29. The van der Waals surface area contributed by atoms with Crippen LogP contribution in [0.15, 0.2) is 30.5 Å². The highest BCUT2D eigenvalue weighted by molar-refractivity contribution is 5.72. The minimum atomic E-state index is -4.95. The van der Waals surface area contributed by atoms with E-state index in [2.05, 4.69) is 25.4 Å². The van der Waals surface area contributed by atoms with Gasteiger partial charge in [-0.15, -0.1) is 5.10 Å². The van der Waals surface area contributed by atoms with Crippen LogP contribution in [-0.2, 0) is 39.5 Å². The number of fused-ring (bicyclic) bond motifs is 1. The molecule has 0 saturated heterocycles. The Bertz CT molecular complexity index is 1310. The molecule has 0 amide bonds. The minimum absolute atomic E-state index is 0.0331. The molecule has 3 aromatic heterocycles. The topological polar surface area (TPSA) is 77.6 Å². The standard InChI is InChI=1S/C20H18F6N8/c1-11-28-16-6-13(8-27-17(16)32(11)2)10-34(18-29-31-33(3)30-18)9-12-4-14(19(21,22)23)7-15(5-12)20(24,25)26/h4-8H,9-10H2,1-3H3. The van der Waals surface area contributed by atoms with Crippen LogP contribution < -0.4 is 4.90 Å². The summed E-state index contributed by atoms with van der Waals surface area (Å²) in [5, 5.41) is 11.7. The number of imidazole rings is 1. The fraction of sp³-hybridized carbons (Fsp3) is 0.350. The first-order valence-electron chi connectivity index (χ1n) is 9.86. The van der Waals surface area contributed by atoms with E-state index in [9.17, 15) is 26.3 Å². The first-order valence-corrected chi connectivity index (χ1v) is 9.86. The molecule has 0 spiro atoms. The molecule has 0 aliphatic carbocycles. The van der Waals surface area contributed by atoms with Gasteiger partial charge < -0.3 is 9.47 Å². The number of hydrogen-bond donors (Lipinski definition) is 0. The van der Waals surface area contributed by atoms with Gasteiger partial charge in [0.2, 0.25) is 0 Å². The molecule has 0 saturated carbocycles. The molecule has 8 nitrogen and oxygen atoms in total. The summed E-state index contributed by atoms with van der Waals surface area (Å²) in [4.78, 5) is 11.3. The highest BCUT2D eigenvalue weighted by Crippen LogP contribution is 2.36. The largest absolute Gasteiger partial charge is 0.416 e. The number of anilines is 1. The van der Waals surface area contributed by atoms with Crippen molar-refractivity contribution in [1.82, 2.24) is 34.7 Å². The van der Waals surface area contributed by atoms with Crippen LogP contribution in [-0.4, -0.2) is 34.7 Å². The van der Waals surface area contributed by atoms with E-state index in [-0.39, 0.29) is 30.7 Å². The third kappa shape index (κ3) is 4.79. The van der Waals surface area contributed by atoms with E-state index in [0.717, 1.165) is 10.6 Å². The van der Waals surface area contributed by atoms with Crippen LogP contribution in [0.3, 0.4) is 0 Å². The zero-order valence-electron chi connectivity index (χ0n) is 18.1. The normalized spacial score (nSPS) is 12.5. The van der Waals surface area contributed by atoms with Crippen molar-refractivity contribution in [3.63, 3.8) is 0 Å². The van der Waals surface area contributed by atoms with Crippen molar-refractivity contribution < 1.29 is 26.3 Å². The maximum Gasteiger partial charge on any atom is 0.416 e. The molecule has 3 heterocycles. The molecule has 0 radical (unpaired) electrons. The lowest BCUT2D eigenvalue weighted by Gasteiger charge is -2.22. The van der Waals surface area contributed by atoms with Gasteiger partial charge in [0.05, 0.1) is 18.2 Å². The molecule has 0 N–H and O–H groups in total. The highest BCUT2D eigenvalue weighted by atomic mass is 19.4. The van der Waals surface area contributed by atoms with Crippen LogP contribution in [0.2, 0.25) is 0 Å². The van der Waals surface area contributed by atoms with Gasteiger partial charge in [0, 0.05) is 26.3 Å². The number of aromatic nitrogens is 7. The molecule has 4 rings (SSSR count). The monoisotopic (exact) mass is 484 g/mol. The number of benzene rings is 1. The molecular formula is C20H18F6N8. The summed E-state index contributed by atoms with van der Waals surface area (Å²) in [6.07, 6.45) is -8.34. The molecule has 14 heteroatoms. The van der Waals surface area contributed by atoms with Crippen LogP contribution >= 0.6 is 0 Å². The van der Waals surface area contributed by atoms with E-state index < -0.39 is 23.5 Å². The summed E-state index contributed by atoms with van der Waals surface area (Å²) in [7, 11) is 3.30. The Morgan fingerprint density at radius 2 is 1.50 bits per heavy atom. The molecule has 0 fully saturated rings. The Morgan fingerprint density at radius 3 is 2.06 bits per heavy atom. The molecule has 0 bridgehead atoms. The summed E-state index contributed by atoms with van der Waals surface area (Å²) in [5.41, 5.74) is -1.15. The maximum atomic E-state index is 13.3. The van der Waals surface area contributed by atoms with Gasteiger partial charge in [0.15, 0.2) is 5.65 Å². The van der Waals surface area contributed by atoms with Gasteiger partial charge in [-0.25, -0.2) is 9.97 Å². The second-order valence-corrected chi connectivity index (χ2v) is 7.75. The summed E-state index contributed by atoms with van der Waals surface area (Å²) in [6.45, 7) is 1.52. The van der Waals surface area contributed by atoms with Gasteiger partial charge in [-0.1, -0.05) is 5.10 Å². The SMILES string of the molecule is Cc1nc2cc(CN(Cc3cc(C(F)(F)F)cc(C(F)(F)F)c3)c3nnn(C)n3)cnc2n1C. The molecule has 4 aromatic rings. The third-order valence-electron chi connectivity index (χ3n) is 5.16. The fourth-order valence-electron chi connectivity index (χ4n) is 3.47. The van der Waals surface area contributed by atoms with Gasteiger partial charge in [-0.2, -0.15) is 31.1 Å². The predicted octanol–water partition coefficient (Wildman–Crippen LogP) is 4.04. The Labute approximate surface area is 188 Å². The summed E-state index contributed by atoms with van der Waals surface area (Å²) < 4.78 is 81.6. The highest BCUT2D eigenvalue weighted by Gasteiger charge is 2.37. The Kier molecular flexibility index (Phi) is 5.69. The number of hydrogen-bond acceptors (Lipinski definition) is 6. The van der Waals surface area contributed by atoms with Crippen molar-refractivity contribution in [2.75, 3.05) is 4.90 Å². The number of tetrazole rings is 1. The lowest BCUT2D eigenvalue weighted by atomic mass is 10.0. The molecule has 1 aromatic carbocycles. The minimum Gasteiger partial charge on any atom is -0.329 e. The van der Waals surface area contributed by atoms with Gasteiger partial charge in [-0.05, 0) is 47.5 Å². The molecule has 180 valence electrons. The first kappa shape index (κ1) is 23.4. The van der Waals surface area contributed by atoms with Gasteiger partial charge >= 0.3 is 12.4 Å². The average molecular weight is 484 g/mol. The molecule has 0 aliphatic rings. The lowest BCUT2D eigenvalue weighted by molar-refractivity contribution is -0.143. The van der Waals surface area contributed by atoms with Crippen molar-refractivity contribution in [2.45, 2.75) is 32.4 Å². The summed E-state index contributed by atoms with van der Waals surface area (Å²) in [6, 6.07) is 3.20. The Morgan fingerprint density at radius 1 is 0.882 bits per heavy atom. The fourth-order valence-corrected chi connectivity index (χ4v) is 3.47. The van der Waals surface area contributed by atoms with Crippen LogP contribution in [0, 0.1) is 6.92 Å². The van der Waals surface area contributed by atoms with Crippen LogP contribution in [0.1, 0.15) is 28.1 Å². The second kappa shape index (κ2) is 8.25. The number of aryl methyl sites for hydroxylation is 3. The number of pyridine rings is 1. The zero-order valence-corrected chi connectivity index (χ0v) is 18.1. The molecule has 0 unspecified atom stereocenters. The second-order valence-electron chi connectivity index (χ2n) is 7.75. The molecule has 0 aliphatic heterocycles. The third-order valence-corrected chi connectivity index (χ3v) is 5.16. The van der Waals surface area contributed by atoms with Crippen molar-refractivity contribution >= 4 is 17.1 Å². The van der Waals surface area contributed by atoms with Crippen LogP contribution in [0.25, 0.3) is 11.2 Å². The lowest BCUT2D eigenvalue weighted by Crippen LogP contribution is -2.24. The molecule has 0 atom stereocenters. The maximum absolute atomic E-state index is 13.3.